The van der Waals surface area contributed by atoms with Crippen molar-refractivity contribution >= 4 is 5.69 Å². The topological polar surface area (TPSA) is 30.5 Å². The first-order valence-corrected chi connectivity index (χ1v) is 9.96. The van der Waals surface area contributed by atoms with Gasteiger partial charge in [0.25, 0.3) is 0 Å². The number of rotatable bonds is 10. The van der Waals surface area contributed by atoms with Crippen LogP contribution in [0.1, 0.15) is 51.7 Å². The molecule has 148 valence electrons. The Labute approximate surface area is 165 Å². The fourth-order valence-corrected chi connectivity index (χ4v) is 2.95. The molecule has 0 aliphatic rings. The van der Waals surface area contributed by atoms with E-state index in [1.807, 2.05) is 26.0 Å². The van der Waals surface area contributed by atoms with E-state index in [1.54, 1.807) is 0 Å². The van der Waals surface area contributed by atoms with Gasteiger partial charge in [-0.05, 0) is 87.4 Å². The van der Waals surface area contributed by atoms with Gasteiger partial charge in [-0.3, -0.25) is 0 Å². The SMILES string of the molecule is Cc1ccc(C)c(OCCCC(C)(C)CNc2ccc(OC(C)C)cc2)c1. The third-order valence-corrected chi connectivity index (χ3v) is 4.60. The molecule has 1 N–H and O–H groups in total. The number of benzene rings is 2. The van der Waals surface area contributed by atoms with E-state index in [4.69, 9.17) is 9.47 Å². The number of hydrogen-bond donors (Lipinski definition) is 1. The Hall–Kier alpha value is -2.16. The molecule has 0 amide bonds. The Morgan fingerprint density at radius 2 is 1.70 bits per heavy atom. The minimum absolute atomic E-state index is 0.202. The van der Waals surface area contributed by atoms with Crippen molar-refractivity contribution in [2.75, 3.05) is 18.5 Å². The lowest BCUT2D eigenvalue weighted by Gasteiger charge is -2.26. The predicted octanol–water partition coefficient (Wildman–Crippen LogP) is 6.39. The van der Waals surface area contributed by atoms with Gasteiger partial charge in [-0.25, -0.2) is 0 Å². The fraction of sp³-hybridized carbons (Fsp3) is 0.500. The third-order valence-electron chi connectivity index (χ3n) is 4.60. The highest BCUT2D eigenvalue weighted by Gasteiger charge is 2.17. The molecule has 0 heterocycles. The maximum absolute atomic E-state index is 5.99. The van der Waals surface area contributed by atoms with Crippen LogP contribution in [0.15, 0.2) is 42.5 Å². The Kier molecular flexibility index (Phi) is 7.58. The van der Waals surface area contributed by atoms with Gasteiger partial charge in [0.05, 0.1) is 12.7 Å². The van der Waals surface area contributed by atoms with Crippen LogP contribution < -0.4 is 14.8 Å². The van der Waals surface area contributed by atoms with E-state index in [1.165, 1.54) is 11.1 Å². The maximum Gasteiger partial charge on any atom is 0.122 e. The average Bonchev–Trinajstić information content (AvgIpc) is 2.60. The van der Waals surface area contributed by atoms with E-state index >= 15 is 0 Å². The lowest BCUT2D eigenvalue weighted by Crippen LogP contribution is -2.23. The Balaban J connectivity index is 1.73. The van der Waals surface area contributed by atoms with Crippen molar-refractivity contribution in [1.29, 1.82) is 0 Å². The molecule has 3 heteroatoms. The smallest absolute Gasteiger partial charge is 0.122 e. The van der Waals surface area contributed by atoms with Crippen LogP contribution >= 0.6 is 0 Å². The van der Waals surface area contributed by atoms with Gasteiger partial charge < -0.3 is 14.8 Å². The van der Waals surface area contributed by atoms with Gasteiger partial charge in [0.15, 0.2) is 0 Å². The number of hydrogen-bond acceptors (Lipinski definition) is 3. The zero-order valence-electron chi connectivity index (χ0n) is 17.8. The van der Waals surface area contributed by atoms with E-state index in [0.717, 1.165) is 43.2 Å². The minimum Gasteiger partial charge on any atom is -0.493 e. The largest absolute Gasteiger partial charge is 0.493 e. The normalized spacial score (nSPS) is 11.5. The number of anilines is 1. The van der Waals surface area contributed by atoms with Crippen molar-refractivity contribution in [2.24, 2.45) is 5.41 Å². The summed E-state index contributed by atoms with van der Waals surface area (Å²) < 4.78 is 11.7. The van der Waals surface area contributed by atoms with Crippen molar-refractivity contribution in [1.82, 2.24) is 0 Å². The van der Waals surface area contributed by atoms with E-state index in [0.29, 0.717) is 0 Å². The van der Waals surface area contributed by atoms with E-state index in [-0.39, 0.29) is 11.5 Å². The van der Waals surface area contributed by atoms with Crippen LogP contribution in [0.4, 0.5) is 5.69 Å². The second-order valence-electron chi connectivity index (χ2n) is 8.43. The van der Waals surface area contributed by atoms with Gasteiger partial charge >= 0.3 is 0 Å². The summed E-state index contributed by atoms with van der Waals surface area (Å²) >= 11 is 0. The van der Waals surface area contributed by atoms with Crippen LogP contribution in [0.25, 0.3) is 0 Å². The monoisotopic (exact) mass is 369 g/mol. The molecule has 0 bridgehead atoms. The number of aryl methyl sites for hydroxylation is 2. The standard InChI is InChI=1S/C24H35NO2/c1-18(2)27-22-12-10-21(11-13-22)25-17-24(5,6)14-7-15-26-23-16-19(3)8-9-20(23)4/h8-13,16,18,25H,7,14-15,17H2,1-6H3. The summed E-state index contributed by atoms with van der Waals surface area (Å²) in [5.74, 6) is 1.92. The molecule has 27 heavy (non-hydrogen) atoms. The van der Waals surface area contributed by atoms with Gasteiger partial charge in [0.2, 0.25) is 0 Å². The molecule has 0 spiro atoms. The first-order valence-electron chi connectivity index (χ1n) is 9.96. The summed E-state index contributed by atoms with van der Waals surface area (Å²) in [6, 6.07) is 14.6. The van der Waals surface area contributed by atoms with Crippen LogP contribution in [0.5, 0.6) is 11.5 Å². The van der Waals surface area contributed by atoms with Crippen LogP contribution in [-0.4, -0.2) is 19.3 Å². The Bertz CT molecular complexity index is 705. The fourth-order valence-electron chi connectivity index (χ4n) is 2.95. The lowest BCUT2D eigenvalue weighted by atomic mass is 9.88. The van der Waals surface area contributed by atoms with Gasteiger partial charge in [0.1, 0.15) is 11.5 Å². The van der Waals surface area contributed by atoms with Crippen LogP contribution in [0, 0.1) is 19.3 Å². The van der Waals surface area contributed by atoms with Crippen LogP contribution in [0.2, 0.25) is 0 Å². The molecule has 3 nitrogen and oxygen atoms in total. The van der Waals surface area contributed by atoms with Gasteiger partial charge in [-0.2, -0.15) is 0 Å². The molecule has 0 aliphatic heterocycles. The quantitative estimate of drug-likeness (QED) is 0.492. The molecule has 0 aromatic heterocycles. The molecular weight excluding hydrogens is 334 g/mol. The molecule has 2 rings (SSSR count). The molecule has 0 saturated heterocycles. The highest BCUT2D eigenvalue weighted by atomic mass is 16.5. The maximum atomic E-state index is 5.99. The van der Waals surface area contributed by atoms with Crippen molar-refractivity contribution < 1.29 is 9.47 Å². The summed E-state index contributed by atoms with van der Waals surface area (Å²) in [6.45, 7) is 14.6. The van der Waals surface area contributed by atoms with Crippen molar-refractivity contribution in [3.05, 3.63) is 53.6 Å². The minimum atomic E-state index is 0.202. The molecule has 0 fully saturated rings. The van der Waals surface area contributed by atoms with E-state index < -0.39 is 0 Å². The second kappa shape index (κ2) is 9.68. The molecule has 2 aromatic rings. The van der Waals surface area contributed by atoms with Gasteiger partial charge in [0, 0.05) is 12.2 Å². The Morgan fingerprint density at radius 1 is 1.00 bits per heavy atom. The first-order chi connectivity index (χ1) is 12.7. The number of nitrogens with one attached hydrogen (secondary N) is 1. The lowest BCUT2D eigenvalue weighted by molar-refractivity contribution is 0.242. The van der Waals surface area contributed by atoms with E-state index in [2.05, 4.69) is 63.3 Å². The zero-order valence-corrected chi connectivity index (χ0v) is 17.8. The molecule has 0 unspecified atom stereocenters. The summed E-state index contributed by atoms with van der Waals surface area (Å²) in [5, 5.41) is 3.54. The van der Waals surface area contributed by atoms with Gasteiger partial charge in [-0.1, -0.05) is 26.0 Å². The van der Waals surface area contributed by atoms with Crippen LogP contribution in [-0.2, 0) is 0 Å². The molecule has 0 atom stereocenters. The summed E-state index contributed by atoms with van der Waals surface area (Å²) in [4.78, 5) is 0. The van der Waals surface area contributed by atoms with Gasteiger partial charge in [-0.15, -0.1) is 0 Å². The molecule has 2 aromatic carbocycles. The second-order valence-corrected chi connectivity index (χ2v) is 8.43. The van der Waals surface area contributed by atoms with Crippen LogP contribution in [0.3, 0.4) is 0 Å². The molecule has 0 radical (unpaired) electrons. The first kappa shape index (κ1) is 21.1. The van der Waals surface area contributed by atoms with E-state index in [9.17, 15) is 0 Å². The zero-order chi connectivity index (χ0) is 19.9. The highest BCUT2D eigenvalue weighted by molar-refractivity contribution is 5.46. The summed E-state index contributed by atoms with van der Waals surface area (Å²) in [6.07, 6.45) is 2.36. The summed E-state index contributed by atoms with van der Waals surface area (Å²) in [5.41, 5.74) is 3.78. The molecule has 0 saturated carbocycles. The third kappa shape index (κ3) is 7.54. The molecule has 0 aliphatic carbocycles. The number of ether oxygens (including phenoxy) is 2. The summed E-state index contributed by atoms with van der Waals surface area (Å²) in [7, 11) is 0. The average molecular weight is 370 g/mol. The van der Waals surface area contributed by atoms with Crippen molar-refractivity contribution in [3.8, 4) is 11.5 Å². The van der Waals surface area contributed by atoms with Crippen molar-refractivity contribution in [2.45, 2.75) is 60.5 Å². The molecular formula is C24H35NO2. The Morgan fingerprint density at radius 3 is 2.37 bits per heavy atom. The predicted molar refractivity (Wildman–Crippen MR) is 115 cm³/mol. The van der Waals surface area contributed by atoms with Crippen molar-refractivity contribution in [3.63, 3.8) is 0 Å². The highest BCUT2D eigenvalue weighted by Crippen LogP contribution is 2.25.